The molecule has 1 atom stereocenters. The summed E-state index contributed by atoms with van der Waals surface area (Å²) in [5.41, 5.74) is 1.14. The van der Waals surface area contributed by atoms with Crippen LogP contribution in [0.4, 0.5) is 4.39 Å². The number of ether oxygens (including phenoxy) is 1. The van der Waals surface area contributed by atoms with Gasteiger partial charge in [-0.15, -0.1) is 11.6 Å². The van der Waals surface area contributed by atoms with Crippen LogP contribution in [0.2, 0.25) is 0 Å². The van der Waals surface area contributed by atoms with Gasteiger partial charge < -0.3 is 9.30 Å². The number of halogens is 2. The first kappa shape index (κ1) is 15.3. The van der Waals surface area contributed by atoms with Gasteiger partial charge in [-0.3, -0.25) is 0 Å². The number of benzene rings is 1. The van der Waals surface area contributed by atoms with Crippen molar-refractivity contribution in [3.05, 3.63) is 29.8 Å². The first-order valence-corrected chi connectivity index (χ1v) is 7.21. The van der Waals surface area contributed by atoms with Gasteiger partial charge in [-0.1, -0.05) is 0 Å². The fourth-order valence-electron chi connectivity index (χ4n) is 2.40. The molecule has 0 radical (unpaired) electrons. The van der Waals surface area contributed by atoms with Gasteiger partial charge in [-0.25, -0.2) is 9.37 Å². The van der Waals surface area contributed by atoms with E-state index in [0.29, 0.717) is 13.2 Å². The molecular formula is C15H20ClFN2O. The van der Waals surface area contributed by atoms with Crippen LogP contribution in [0.3, 0.4) is 0 Å². The second kappa shape index (κ2) is 5.70. The summed E-state index contributed by atoms with van der Waals surface area (Å²) in [4.78, 5) is 4.51. The van der Waals surface area contributed by atoms with Crippen molar-refractivity contribution in [2.24, 2.45) is 0 Å². The highest BCUT2D eigenvalue weighted by Gasteiger charge is 2.23. The minimum atomic E-state index is -0.366. The maximum atomic E-state index is 13.5. The molecule has 0 amide bonds. The summed E-state index contributed by atoms with van der Waals surface area (Å²) < 4.78 is 21.2. The molecular weight excluding hydrogens is 279 g/mol. The number of fused-ring (bicyclic) bond motifs is 1. The maximum absolute atomic E-state index is 13.5. The lowest BCUT2D eigenvalue weighted by atomic mass is 10.1. The van der Waals surface area contributed by atoms with E-state index < -0.39 is 0 Å². The number of imidazole rings is 1. The molecule has 0 fully saturated rings. The number of alkyl halides is 1. The normalized spacial score (nSPS) is 13.9. The van der Waals surface area contributed by atoms with Crippen LogP contribution < -0.4 is 0 Å². The Kier molecular flexibility index (Phi) is 4.35. The number of hydrogen-bond donors (Lipinski definition) is 0. The summed E-state index contributed by atoms with van der Waals surface area (Å²) in [6.45, 7) is 9.03. The Bertz CT molecular complexity index is 607. The Morgan fingerprint density at radius 3 is 2.75 bits per heavy atom. The van der Waals surface area contributed by atoms with Gasteiger partial charge in [0.1, 0.15) is 11.6 Å². The van der Waals surface area contributed by atoms with Gasteiger partial charge in [0.2, 0.25) is 0 Å². The van der Waals surface area contributed by atoms with E-state index in [1.165, 1.54) is 12.1 Å². The van der Waals surface area contributed by atoms with Gasteiger partial charge in [0.05, 0.1) is 28.6 Å². The number of nitrogens with zero attached hydrogens (tertiary/aromatic N) is 2. The van der Waals surface area contributed by atoms with Crippen molar-refractivity contribution < 1.29 is 9.13 Å². The zero-order valence-corrected chi connectivity index (χ0v) is 13.0. The topological polar surface area (TPSA) is 27.1 Å². The smallest absolute Gasteiger partial charge is 0.127 e. The van der Waals surface area contributed by atoms with Crippen LogP contribution >= 0.6 is 11.6 Å². The van der Waals surface area contributed by atoms with Crippen molar-refractivity contribution >= 4 is 22.6 Å². The van der Waals surface area contributed by atoms with Crippen LogP contribution in [-0.2, 0) is 11.3 Å². The zero-order chi connectivity index (χ0) is 14.9. The Labute approximate surface area is 123 Å². The minimum absolute atomic E-state index is 0.247. The average molecular weight is 299 g/mol. The van der Waals surface area contributed by atoms with Crippen molar-refractivity contribution in [3.8, 4) is 0 Å². The number of hydrogen-bond acceptors (Lipinski definition) is 2. The third-order valence-corrected chi connectivity index (χ3v) is 3.36. The van der Waals surface area contributed by atoms with Crippen LogP contribution in [0.25, 0.3) is 11.0 Å². The van der Waals surface area contributed by atoms with Gasteiger partial charge in [-0.05, 0) is 45.9 Å². The summed E-state index contributed by atoms with van der Waals surface area (Å²) in [6.07, 6.45) is 0. The van der Waals surface area contributed by atoms with Crippen molar-refractivity contribution in [2.45, 2.75) is 45.2 Å². The Balaban J connectivity index is 2.53. The molecule has 0 saturated heterocycles. The zero-order valence-electron chi connectivity index (χ0n) is 12.3. The second-order valence-electron chi connectivity index (χ2n) is 5.50. The highest BCUT2D eigenvalue weighted by Crippen LogP contribution is 2.27. The molecule has 0 spiro atoms. The van der Waals surface area contributed by atoms with E-state index in [9.17, 15) is 4.39 Å². The van der Waals surface area contributed by atoms with E-state index >= 15 is 0 Å². The van der Waals surface area contributed by atoms with E-state index in [-0.39, 0.29) is 16.8 Å². The molecule has 0 aliphatic rings. The highest BCUT2D eigenvalue weighted by atomic mass is 35.5. The highest BCUT2D eigenvalue weighted by molar-refractivity contribution is 6.20. The fourth-order valence-corrected chi connectivity index (χ4v) is 2.57. The van der Waals surface area contributed by atoms with Crippen molar-refractivity contribution in [3.63, 3.8) is 0 Å². The minimum Gasteiger partial charge on any atom is -0.374 e. The lowest BCUT2D eigenvalue weighted by Crippen LogP contribution is -2.31. The number of aromatic nitrogens is 2. The molecule has 0 aliphatic carbocycles. The molecule has 3 nitrogen and oxygen atoms in total. The number of rotatable bonds is 5. The van der Waals surface area contributed by atoms with Crippen LogP contribution in [0.1, 0.15) is 38.9 Å². The standard InChI is InChI=1S/C15H20ClFN2O/c1-5-20-15(3,4)9-19-13-8-11(17)6-7-12(13)18-14(19)10(2)16/h6-8,10H,5,9H2,1-4H3. The first-order chi connectivity index (χ1) is 9.34. The largest absolute Gasteiger partial charge is 0.374 e. The average Bonchev–Trinajstić information content (AvgIpc) is 2.67. The Hall–Kier alpha value is -1.13. The molecule has 0 bridgehead atoms. The lowest BCUT2D eigenvalue weighted by molar-refractivity contribution is -0.0221. The van der Waals surface area contributed by atoms with Crippen LogP contribution in [0.5, 0.6) is 0 Å². The molecule has 0 aliphatic heterocycles. The molecule has 0 saturated carbocycles. The van der Waals surface area contributed by atoms with Gasteiger partial charge in [0.25, 0.3) is 0 Å². The van der Waals surface area contributed by atoms with Crippen LogP contribution in [0, 0.1) is 5.82 Å². The predicted octanol–water partition coefficient (Wildman–Crippen LogP) is 4.29. The summed E-state index contributed by atoms with van der Waals surface area (Å²) in [6, 6.07) is 4.58. The summed E-state index contributed by atoms with van der Waals surface area (Å²) in [7, 11) is 0. The van der Waals surface area contributed by atoms with Crippen molar-refractivity contribution in [2.75, 3.05) is 6.61 Å². The van der Waals surface area contributed by atoms with Gasteiger partial charge >= 0.3 is 0 Å². The monoisotopic (exact) mass is 298 g/mol. The van der Waals surface area contributed by atoms with Crippen molar-refractivity contribution in [1.82, 2.24) is 9.55 Å². The van der Waals surface area contributed by atoms with Gasteiger partial charge in [-0.2, -0.15) is 0 Å². The van der Waals surface area contributed by atoms with Gasteiger partial charge in [0.15, 0.2) is 0 Å². The van der Waals surface area contributed by atoms with Crippen LogP contribution in [-0.4, -0.2) is 21.8 Å². The lowest BCUT2D eigenvalue weighted by Gasteiger charge is -2.26. The third-order valence-electron chi connectivity index (χ3n) is 3.17. The Morgan fingerprint density at radius 1 is 1.45 bits per heavy atom. The third kappa shape index (κ3) is 3.13. The van der Waals surface area contributed by atoms with E-state index in [1.54, 1.807) is 6.07 Å². The molecule has 5 heteroatoms. The molecule has 1 aromatic carbocycles. The molecule has 2 aromatic rings. The second-order valence-corrected chi connectivity index (χ2v) is 6.15. The molecule has 1 aromatic heterocycles. The summed E-state index contributed by atoms with van der Waals surface area (Å²) in [5, 5.41) is -0.247. The quantitative estimate of drug-likeness (QED) is 0.770. The van der Waals surface area contributed by atoms with E-state index in [2.05, 4.69) is 4.98 Å². The molecule has 0 N–H and O–H groups in total. The molecule has 2 rings (SSSR count). The summed E-state index contributed by atoms with van der Waals surface area (Å²) >= 11 is 6.21. The molecule has 1 heterocycles. The molecule has 20 heavy (non-hydrogen) atoms. The van der Waals surface area contributed by atoms with E-state index in [4.69, 9.17) is 16.3 Å². The van der Waals surface area contributed by atoms with E-state index in [0.717, 1.165) is 16.9 Å². The van der Waals surface area contributed by atoms with Gasteiger partial charge in [0, 0.05) is 6.61 Å². The Morgan fingerprint density at radius 2 is 2.15 bits per heavy atom. The van der Waals surface area contributed by atoms with E-state index in [1.807, 2.05) is 32.3 Å². The fraction of sp³-hybridized carbons (Fsp3) is 0.533. The maximum Gasteiger partial charge on any atom is 0.127 e. The molecule has 1 unspecified atom stereocenters. The first-order valence-electron chi connectivity index (χ1n) is 6.78. The van der Waals surface area contributed by atoms with Crippen LogP contribution in [0.15, 0.2) is 18.2 Å². The molecule has 110 valence electrons. The summed E-state index contributed by atoms with van der Waals surface area (Å²) in [5.74, 6) is 0.460. The predicted molar refractivity (Wildman–Crippen MR) is 79.7 cm³/mol. The SMILES string of the molecule is CCOC(C)(C)Cn1c(C(C)Cl)nc2ccc(F)cc21. The van der Waals surface area contributed by atoms with Crippen molar-refractivity contribution in [1.29, 1.82) is 0 Å².